The molecule has 0 radical (unpaired) electrons. The topological polar surface area (TPSA) is 17.1 Å². The third-order valence-electron chi connectivity index (χ3n) is 3.20. The van der Waals surface area contributed by atoms with Gasteiger partial charge in [-0.3, -0.25) is 4.79 Å². The lowest BCUT2D eigenvalue weighted by atomic mass is 9.72. The highest BCUT2D eigenvalue weighted by Crippen LogP contribution is 2.35. The zero-order valence-corrected chi connectivity index (χ0v) is 8.47. The summed E-state index contributed by atoms with van der Waals surface area (Å²) in [6, 6.07) is 0. The van der Waals surface area contributed by atoms with Crippen LogP contribution in [0.3, 0.4) is 0 Å². The summed E-state index contributed by atoms with van der Waals surface area (Å²) >= 11 is 0. The highest BCUT2D eigenvalue weighted by atomic mass is 16.1. The lowest BCUT2D eigenvalue weighted by molar-refractivity contribution is -0.124. The van der Waals surface area contributed by atoms with E-state index in [-0.39, 0.29) is 0 Å². The number of hydrogen-bond acceptors (Lipinski definition) is 1. The molecule has 0 heterocycles. The van der Waals surface area contributed by atoms with Crippen molar-refractivity contribution >= 4 is 5.78 Å². The van der Waals surface area contributed by atoms with Crippen molar-refractivity contribution in [2.45, 2.75) is 46.5 Å². The van der Waals surface area contributed by atoms with E-state index in [1.165, 1.54) is 19.3 Å². The van der Waals surface area contributed by atoms with Crippen LogP contribution in [0.4, 0.5) is 0 Å². The predicted molar refractivity (Wildman–Crippen MR) is 51.0 cm³/mol. The van der Waals surface area contributed by atoms with Crippen molar-refractivity contribution < 1.29 is 4.79 Å². The number of ketones is 1. The highest BCUT2D eigenvalue weighted by Gasteiger charge is 2.30. The molecule has 0 bridgehead atoms. The SMILES string of the molecule is CC(=O)[C@H]1CCCCC1C(C)C. The third-order valence-corrected chi connectivity index (χ3v) is 3.20. The molecule has 0 aromatic heterocycles. The Morgan fingerprint density at radius 1 is 1.25 bits per heavy atom. The van der Waals surface area contributed by atoms with Gasteiger partial charge >= 0.3 is 0 Å². The Labute approximate surface area is 75.5 Å². The number of Topliss-reactive ketones (excluding diaryl/α,β-unsaturated/α-hetero) is 1. The average Bonchev–Trinajstić information content (AvgIpc) is 2.04. The Kier molecular flexibility index (Phi) is 3.30. The molecule has 0 aromatic carbocycles. The fourth-order valence-corrected chi connectivity index (χ4v) is 2.46. The van der Waals surface area contributed by atoms with Crippen LogP contribution < -0.4 is 0 Å². The van der Waals surface area contributed by atoms with Gasteiger partial charge in [0.05, 0.1) is 0 Å². The van der Waals surface area contributed by atoms with Crippen LogP contribution in [0.5, 0.6) is 0 Å². The summed E-state index contributed by atoms with van der Waals surface area (Å²) in [4.78, 5) is 11.3. The monoisotopic (exact) mass is 168 g/mol. The summed E-state index contributed by atoms with van der Waals surface area (Å²) in [6.07, 6.45) is 4.99. The van der Waals surface area contributed by atoms with E-state index in [0.717, 1.165) is 6.42 Å². The first kappa shape index (κ1) is 9.76. The van der Waals surface area contributed by atoms with Gasteiger partial charge in [0.25, 0.3) is 0 Å². The Hall–Kier alpha value is -0.330. The largest absolute Gasteiger partial charge is 0.300 e. The highest BCUT2D eigenvalue weighted by molar-refractivity contribution is 5.78. The summed E-state index contributed by atoms with van der Waals surface area (Å²) in [5.74, 6) is 2.13. The molecule has 1 saturated carbocycles. The van der Waals surface area contributed by atoms with Crippen LogP contribution in [-0.2, 0) is 4.79 Å². The second-order valence-corrected chi connectivity index (χ2v) is 4.41. The maximum absolute atomic E-state index is 11.3. The first-order valence-electron chi connectivity index (χ1n) is 5.13. The molecule has 0 spiro atoms. The summed E-state index contributed by atoms with van der Waals surface area (Å²) in [5.41, 5.74) is 0. The third kappa shape index (κ3) is 2.09. The first-order chi connectivity index (χ1) is 5.63. The van der Waals surface area contributed by atoms with E-state index in [1.807, 2.05) is 0 Å². The van der Waals surface area contributed by atoms with Gasteiger partial charge in [-0.05, 0) is 31.6 Å². The molecule has 1 aliphatic carbocycles. The Bertz CT molecular complexity index is 160. The minimum Gasteiger partial charge on any atom is -0.300 e. The molecule has 70 valence electrons. The molecule has 1 fully saturated rings. The molecular weight excluding hydrogens is 148 g/mol. The van der Waals surface area contributed by atoms with Crippen molar-refractivity contribution in [2.75, 3.05) is 0 Å². The standard InChI is InChI=1S/C11H20O/c1-8(2)10-6-4-5-7-11(10)9(3)12/h8,10-11H,4-7H2,1-3H3/t10?,11-/m1/s1. The summed E-state index contributed by atoms with van der Waals surface area (Å²) < 4.78 is 0. The maximum atomic E-state index is 11.3. The normalized spacial score (nSPS) is 30.7. The van der Waals surface area contributed by atoms with Crippen molar-refractivity contribution in [1.82, 2.24) is 0 Å². The fraction of sp³-hybridized carbons (Fsp3) is 0.909. The number of carbonyl (C=O) groups is 1. The number of carbonyl (C=O) groups excluding carboxylic acids is 1. The molecule has 0 aromatic rings. The molecule has 1 aliphatic rings. The fourth-order valence-electron chi connectivity index (χ4n) is 2.46. The van der Waals surface area contributed by atoms with Crippen LogP contribution in [0.2, 0.25) is 0 Å². The van der Waals surface area contributed by atoms with E-state index in [2.05, 4.69) is 13.8 Å². The minimum atomic E-state index is 0.374. The van der Waals surface area contributed by atoms with Gasteiger partial charge in [0.1, 0.15) is 5.78 Å². The van der Waals surface area contributed by atoms with E-state index in [0.29, 0.717) is 23.5 Å². The van der Waals surface area contributed by atoms with Crippen molar-refractivity contribution in [3.8, 4) is 0 Å². The first-order valence-corrected chi connectivity index (χ1v) is 5.13. The van der Waals surface area contributed by atoms with Gasteiger partial charge in [0.15, 0.2) is 0 Å². The van der Waals surface area contributed by atoms with Crippen LogP contribution in [0.25, 0.3) is 0 Å². The van der Waals surface area contributed by atoms with E-state index < -0.39 is 0 Å². The molecule has 0 N–H and O–H groups in total. The van der Waals surface area contributed by atoms with Crippen molar-refractivity contribution in [3.05, 3.63) is 0 Å². The van der Waals surface area contributed by atoms with Gasteiger partial charge in [0, 0.05) is 5.92 Å². The Balaban J connectivity index is 2.60. The zero-order valence-electron chi connectivity index (χ0n) is 8.47. The van der Waals surface area contributed by atoms with Gasteiger partial charge in [-0.1, -0.05) is 26.7 Å². The van der Waals surface area contributed by atoms with Crippen LogP contribution in [-0.4, -0.2) is 5.78 Å². The Morgan fingerprint density at radius 3 is 2.25 bits per heavy atom. The Morgan fingerprint density at radius 2 is 1.83 bits per heavy atom. The molecule has 12 heavy (non-hydrogen) atoms. The van der Waals surface area contributed by atoms with Crippen LogP contribution in [0.15, 0.2) is 0 Å². The number of hydrogen-bond donors (Lipinski definition) is 0. The van der Waals surface area contributed by atoms with E-state index in [9.17, 15) is 4.79 Å². The van der Waals surface area contributed by atoms with Gasteiger partial charge in [-0.2, -0.15) is 0 Å². The van der Waals surface area contributed by atoms with Crippen molar-refractivity contribution in [1.29, 1.82) is 0 Å². The average molecular weight is 168 g/mol. The second kappa shape index (κ2) is 4.06. The smallest absolute Gasteiger partial charge is 0.133 e. The molecule has 0 saturated heterocycles. The molecule has 1 heteroatoms. The molecular formula is C11H20O. The van der Waals surface area contributed by atoms with E-state index in [4.69, 9.17) is 0 Å². The molecule has 1 rings (SSSR count). The summed E-state index contributed by atoms with van der Waals surface area (Å²) in [6.45, 7) is 6.24. The predicted octanol–water partition coefficient (Wildman–Crippen LogP) is 3.04. The van der Waals surface area contributed by atoms with Gasteiger partial charge < -0.3 is 0 Å². The second-order valence-electron chi connectivity index (χ2n) is 4.41. The minimum absolute atomic E-state index is 0.374. The lowest BCUT2D eigenvalue weighted by Crippen LogP contribution is -2.29. The quantitative estimate of drug-likeness (QED) is 0.619. The molecule has 2 atom stereocenters. The summed E-state index contributed by atoms with van der Waals surface area (Å²) in [5, 5.41) is 0. The molecule has 0 amide bonds. The van der Waals surface area contributed by atoms with Gasteiger partial charge in [0.2, 0.25) is 0 Å². The van der Waals surface area contributed by atoms with Crippen LogP contribution >= 0.6 is 0 Å². The molecule has 0 aliphatic heterocycles. The van der Waals surface area contributed by atoms with Crippen molar-refractivity contribution in [2.24, 2.45) is 17.8 Å². The van der Waals surface area contributed by atoms with Gasteiger partial charge in [-0.25, -0.2) is 0 Å². The summed E-state index contributed by atoms with van der Waals surface area (Å²) in [7, 11) is 0. The number of rotatable bonds is 2. The maximum Gasteiger partial charge on any atom is 0.133 e. The van der Waals surface area contributed by atoms with Gasteiger partial charge in [-0.15, -0.1) is 0 Å². The van der Waals surface area contributed by atoms with E-state index >= 15 is 0 Å². The van der Waals surface area contributed by atoms with Crippen LogP contribution in [0.1, 0.15) is 46.5 Å². The lowest BCUT2D eigenvalue weighted by Gasteiger charge is -2.32. The zero-order chi connectivity index (χ0) is 9.14. The van der Waals surface area contributed by atoms with E-state index in [1.54, 1.807) is 6.92 Å². The molecule has 1 unspecified atom stereocenters. The van der Waals surface area contributed by atoms with Crippen molar-refractivity contribution in [3.63, 3.8) is 0 Å². The molecule has 1 nitrogen and oxygen atoms in total. The van der Waals surface area contributed by atoms with Crippen LogP contribution in [0, 0.1) is 17.8 Å².